The van der Waals surface area contributed by atoms with Gasteiger partial charge in [-0.25, -0.2) is 8.42 Å². The summed E-state index contributed by atoms with van der Waals surface area (Å²) in [4.78, 5) is 15.4. The average Bonchev–Trinajstić information content (AvgIpc) is 3.44. The summed E-state index contributed by atoms with van der Waals surface area (Å²) >= 11 is 1.62. The Labute approximate surface area is 183 Å². The second kappa shape index (κ2) is 8.55. The Hall–Kier alpha value is -1.91. The van der Waals surface area contributed by atoms with Crippen molar-refractivity contribution < 1.29 is 26.4 Å². The lowest BCUT2D eigenvalue weighted by Crippen LogP contribution is -2.44. The highest BCUT2D eigenvalue weighted by atomic mass is 32.2. The summed E-state index contributed by atoms with van der Waals surface area (Å²) in [6.45, 7) is 0.740. The van der Waals surface area contributed by atoms with Crippen LogP contribution in [-0.4, -0.2) is 43.2 Å². The minimum atomic E-state index is -4.76. The standard InChI is InChI=1S/C21H23F3N2O3S2/c22-21(23,24)16-5-1-2-8-19(16)31(28,29)25-12-9-15(10-13-25)20(27)26-11-3-6-17(26)18-7-4-14-30-18/h1-2,4-5,7-8,14-15,17H,3,6,9-13H2/t17-/m0/s1. The van der Waals surface area contributed by atoms with E-state index in [9.17, 15) is 26.4 Å². The van der Waals surface area contributed by atoms with Crippen molar-refractivity contribution in [1.82, 2.24) is 9.21 Å². The molecule has 0 saturated carbocycles. The van der Waals surface area contributed by atoms with E-state index in [2.05, 4.69) is 0 Å². The van der Waals surface area contributed by atoms with Crippen molar-refractivity contribution in [1.29, 1.82) is 0 Å². The molecule has 2 aromatic rings. The van der Waals surface area contributed by atoms with Gasteiger partial charge in [0.1, 0.15) is 0 Å². The summed E-state index contributed by atoms with van der Waals surface area (Å²) in [7, 11) is -4.30. The van der Waals surface area contributed by atoms with Crippen LogP contribution in [0.3, 0.4) is 0 Å². The summed E-state index contributed by atoms with van der Waals surface area (Å²) in [5.41, 5.74) is -1.16. The summed E-state index contributed by atoms with van der Waals surface area (Å²) in [5, 5.41) is 1.98. The average molecular weight is 473 g/mol. The quantitative estimate of drug-likeness (QED) is 0.657. The lowest BCUT2D eigenvalue weighted by Gasteiger charge is -2.34. The number of thiophene rings is 1. The first-order chi connectivity index (χ1) is 14.7. The number of piperidine rings is 1. The monoisotopic (exact) mass is 472 g/mol. The number of alkyl halides is 3. The molecule has 2 aliphatic rings. The van der Waals surface area contributed by atoms with E-state index in [0.29, 0.717) is 19.4 Å². The zero-order valence-corrected chi connectivity index (χ0v) is 18.3. The molecule has 1 atom stereocenters. The van der Waals surface area contributed by atoms with Crippen LogP contribution in [0.15, 0.2) is 46.7 Å². The molecule has 1 aromatic carbocycles. The predicted octanol–water partition coefficient (Wildman–Crippen LogP) is 4.53. The zero-order chi connectivity index (χ0) is 22.2. The molecule has 1 amide bonds. The number of halogens is 3. The Bertz CT molecular complexity index is 1030. The molecule has 168 valence electrons. The van der Waals surface area contributed by atoms with Crippen molar-refractivity contribution >= 4 is 27.3 Å². The molecule has 31 heavy (non-hydrogen) atoms. The molecule has 3 heterocycles. The van der Waals surface area contributed by atoms with Gasteiger partial charge < -0.3 is 4.90 Å². The van der Waals surface area contributed by atoms with E-state index < -0.39 is 26.7 Å². The Morgan fingerprint density at radius 3 is 2.35 bits per heavy atom. The molecule has 0 spiro atoms. The van der Waals surface area contributed by atoms with Gasteiger partial charge >= 0.3 is 6.18 Å². The van der Waals surface area contributed by atoms with E-state index >= 15 is 0 Å². The number of rotatable bonds is 4. The molecule has 2 saturated heterocycles. The van der Waals surface area contributed by atoms with E-state index in [0.717, 1.165) is 34.2 Å². The van der Waals surface area contributed by atoms with E-state index in [1.807, 2.05) is 22.4 Å². The van der Waals surface area contributed by atoms with Gasteiger partial charge in [0.15, 0.2) is 0 Å². The van der Waals surface area contributed by atoms with E-state index in [1.165, 1.54) is 12.1 Å². The Morgan fingerprint density at radius 2 is 1.71 bits per heavy atom. The normalized spacial score (nSPS) is 21.5. The molecule has 0 bridgehead atoms. The summed E-state index contributed by atoms with van der Waals surface area (Å²) < 4.78 is 66.8. The molecule has 0 radical (unpaired) electrons. The first-order valence-electron chi connectivity index (χ1n) is 10.2. The Morgan fingerprint density at radius 1 is 1.00 bits per heavy atom. The van der Waals surface area contributed by atoms with Gasteiger partial charge in [-0.2, -0.15) is 17.5 Å². The van der Waals surface area contributed by atoms with Gasteiger partial charge in [-0.05, 0) is 49.3 Å². The third kappa shape index (κ3) is 4.38. The van der Waals surface area contributed by atoms with Gasteiger partial charge in [0.05, 0.1) is 16.5 Å². The first kappa shape index (κ1) is 22.3. The maximum absolute atomic E-state index is 13.3. The fraction of sp³-hybridized carbons (Fsp3) is 0.476. The van der Waals surface area contributed by atoms with Crippen molar-refractivity contribution in [2.45, 2.75) is 42.8 Å². The number of amides is 1. The number of likely N-dealkylation sites (tertiary alicyclic amines) is 1. The maximum Gasteiger partial charge on any atom is 0.417 e. The van der Waals surface area contributed by atoms with Crippen LogP contribution >= 0.6 is 11.3 Å². The van der Waals surface area contributed by atoms with Gasteiger partial charge in [-0.15, -0.1) is 11.3 Å². The molecule has 0 N–H and O–H groups in total. The number of hydrogen-bond donors (Lipinski definition) is 0. The molecule has 0 aliphatic carbocycles. The summed E-state index contributed by atoms with van der Waals surface area (Å²) in [5.74, 6) is -0.298. The van der Waals surface area contributed by atoms with E-state index in [-0.39, 0.29) is 31.0 Å². The molecule has 2 fully saturated rings. The first-order valence-corrected chi connectivity index (χ1v) is 12.5. The predicted molar refractivity (Wildman–Crippen MR) is 111 cm³/mol. The molecular weight excluding hydrogens is 449 g/mol. The number of hydrogen-bond acceptors (Lipinski definition) is 4. The van der Waals surface area contributed by atoms with Crippen LogP contribution in [0.25, 0.3) is 0 Å². The summed E-state index contributed by atoms with van der Waals surface area (Å²) in [6.07, 6.45) is -2.31. The fourth-order valence-electron chi connectivity index (χ4n) is 4.45. The molecular formula is C21H23F3N2O3S2. The molecule has 1 aromatic heterocycles. The van der Waals surface area contributed by atoms with Crippen molar-refractivity contribution in [2.75, 3.05) is 19.6 Å². The Kier molecular flexibility index (Phi) is 6.15. The van der Waals surface area contributed by atoms with Crippen molar-refractivity contribution in [3.8, 4) is 0 Å². The van der Waals surface area contributed by atoms with E-state index in [1.54, 1.807) is 11.3 Å². The minimum absolute atomic E-state index is 0.0173. The van der Waals surface area contributed by atoms with Crippen molar-refractivity contribution in [3.05, 3.63) is 52.2 Å². The van der Waals surface area contributed by atoms with Gasteiger partial charge in [0.2, 0.25) is 15.9 Å². The van der Waals surface area contributed by atoms with Crippen LogP contribution in [0.4, 0.5) is 13.2 Å². The number of carbonyl (C=O) groups excluding carboxylic acids is 1. The third-order valence-electron chi connectivity index (χ3n) is 6.02. The highest BCUT2D eigenvalue weighted by molar-refractivity contribution is 7.89. The van der Waals surface area contributed by atoms with E-state index in [4.69, 9.17) is 0 Å². The fourth-order valence-corrected chi connectivity index (χ4v) is 7.01. The third-order valence-corrected chi connectivity index (χ3v) is 8.95. The van der Waals surface area contributed by atoms with Crippen LogP contribution in [0.1, 0.15) is 42.2 Å². The topological polar surface area (TPSA) is 57.7 Å². The van der Waals surface area contributed by atoms with Crippen LogP contribution in [0.2, 0.25) is 0 Å². The highest BCUT2D eigenvalue weighted by Gasteiger charge is 2.41. The lowest BCUT2D eigenvalue weighted by molar-refractivity contribution is -0.140. The number of carbonyl (C=O) groups is 1. The Balaban J connectivity index is 1.46. The van der Waals surface area contributed by atoms with Crippen molar-refractivity contribution in [3.63, 3.8) is 0 Å². The van der Waals surface area contributed by atoms with Crippen molar-refractivity contribution in [2.24, 2.45) is 5.92 Å². The van der Waals surface area contributed by atoms with Crippen LogP contribution in [0, 0.1) is 5.92 Å². The minimum Gasteiger partial charge on any atom is -0.335 e. The second-order valence-electron chi connectivity index (χ2n) is 7.88. The SMILES string of the molecule is O=C(C1CCN(S(=O)(=O)c2ccccc2C(F)(F)F)CC1)N1CCC[C@H]1c1cccs1. The number of nitrogens with zero attached hydrogens (tertiary/aromatic N) is 2. The smallest absolute Gasteiger partial charge is 0.335 e. The lowest BCUT2D eigenvalue weighted by atomic mass is 9.96. The molecule has 0 unspecified atom stereocenters. The van der Waals surface area contributed by atoms with Crippen LogP contribution in [-0.2, 0) is 21.0 Å². The largest absolute Gasteiger partial charge is 0.417 e. The van der Waals surface area contributed by atoms with Crippen LogP contribution in [0.5, 0.6) is 0 Å². The second-order valence-corrected chi connectivity index (χ2v) is 10.8. The van der Waals surface area contributed by atoms with Gasteiger partial charge in [0, 0.05) is 30.4 Å². The van der Waals surface area contributed by atoms with Gasteiger partial charge in [-0.3, -0.25) is 4.79 Å². The number of benzene rings is 1. The molecule has 4 rings (SSSR count). The molecule has 2 aliphatic heterocycles. The highest BCUT2D eigenvalue weighted by Crippen LogP contribution is 2.38. The molecule has 5 nitrogen and oxygen atoms in total. The number of sulfonamides is 1. The molecule has 10 heteroatoms. The van der Waals surface area contributed by atoms with Crippen LogP contribution < -0.4 is 0 Å². The van der Waals surface area contributed by atoms with Gasteiger partial charge in [0.25, 0.3) is 0 Å². The zero-order valence-electron chi connectivity index (χ0n) is 16.7. The van der Waals surface area contributed by atoms with Gasteiger partial charge in [-0.1, -0.05) is 18.2 Å². The maximum atomic E-state index is 13.3. The summed E-state index contributed by atoms with van der Waals surface area (Å²) in [6, 6.07) is 8.28.